The van der Waals surface area contributed by atoms with Crippen LogP contribution in [0.2, 0.25) is 5.02 Å². The van der Waals surface area contributed by atoms with E-state index < -0.39 is 40.6 Å². The maximum atomic E-state index is 13.8. The number of nitrogens with one attached hydrogen (secondary N) is 1. The third-order valence-corrected chi connectivity index (χ3v) is 9.80. The summed E-state index contributed by atoms with van der Waals surface area (Å²) >= 11 is 5.95. The van der Waals surface area contributed by atoms with Crippen molar-refractivity contribution in [1.29, 1.82) is 0 Å². The van der Waals surface area contributed by atoms with E-state index in [1.165, 1.54) is 4.90 Å². The standard InChI is InChI=1S/C32H37ClF3N5O5/c33-24-18-20(17-23(28(24)42)32(34,35)36)19-27(29(43)39-13-7-21(8-14-39)38-11-3-4-12-38)46-31(45)40-15-9-22(10-16-40)41-26-6-2-1-5-25(26)37-30(41)44/h1-2,5-6,17-18,21-22,27,42H,3-4,7-16,19H2,(H,37,44)/t27-/m1/s1. The van der Waals surface area contributed by atoms with Gasteiger partial charge < -0.3 is 29.5 Å². The summed E-state index contributed by atoms with van der Waals surface area (Å²) < 4.78 is 48.4. The molecule has 3 aliphatic rings. The second kappa shape index (κ2) is 13.2. The van der Waals surface area contributed by atoms with Gasteiger partial charge in [0.25, 0.3) is 5.91 Å². The number of rotatable bonds is 6. The number of benzene rings is 2. The number of para-hydroxylation sites is 2. The zero-order valence-electron chi connectivity index (χ0n) is 25.3. The summed E-state index contributed by atoms with van der Waals surface area (Å²) in [4.78, 5) is 48.3. The van der Waals surface area contributed by atoms with E-state index in [0.29, 0.717) is 32.0 Å². The molecule has 4 heterocycles. The minimum absolute atomic E-state index is 0.00523. The van der Waals surface area contributed by atoms with Crippen molar-refractivity contribution in [3.05, 3.63) is 63.0 Å². The molecule has 0 unspecified atom stereocenters. The fraction of sp³-hybridized carbons (Fsp3) is 0.531. The lowest BCUT2D eigenvalue weighted by atomic mass is 10.00. The lowest BCUT2D eigenvalue weighted by molar-refractivity contribution is -0.142. The molecule has 3 aromatic rings. The predicted molar refractivity (Wildman–Crippen MR) is 165 cm³/mol. The van der Waals surface area contributed by atoms with Gasteiger partial charge in [0, 0.05) is 44.7 Å². The number of fused-ring (bicyclic) bond motifs is 1. The van der Waals surface area contributed by atoms with Gasteiger partial charge in [-0.1, -0.05) is 23.7 Å². The van der Waals surface area contributed by atoms with E-state index in [0.717, 1.165) is 61.9 Å². The first kappa shape index (κ1) is 32.2. The number of phenolic OH excluding ortho intramolecular Hbond substituents is 1. The number of halogens is 4. The molecule has 3 fully saturated rings. The number of hydrogen-bond donors (Lipinski definition) is 2. The SMILES string of the molecule is O=C(O[C@H](Cc1cc(Cl)c(O)c(C(F)(F)F)c1)C(=O)N1CCC(N2CCCC2)CC1)N1CCC(n2c(=O)[nH]c3ccccc32)CC1. The zero-order valence-corrected chi connectivity index (χ0v) is 26.0. The van der Waals surface area contributed by atoms with Crippen molar-refractivity contribution in [2.45, 2.75) is 69.3 Å². The van der Waals surface area contributed by atoms with Gasteiger partial charge in [0.15, 0.2) is 6.10 Å². The predicted octanol–water partition coefficient (Wildman–Crippen LogP) is 5.18. The average molecular weight is 664 g/mol. The van der Waals surface area contributed by atoms with Crippen LogP contribution in [-0.4, -0.2) is 92.8 Å². The second-order valence-corrected chi connectivity index (χ2v) is 12.8. The molecule has 0 spiro atoms. The highest BCUT2D eigenvalue weighted by Crippen LogP contribution is 2.40. The van der Waals surface area contributed by atoms with Gasteiger partial charge in [0.2, 0.25) is 0 Å². The maximum Gasteiger partial charge on any atom is 0.420 e. The first-order chi connectivity index (χ1) is 22.0. The Morgan fingerprint density at radius 3 is 2.26 bits per heavy atom. The van der Waals surface area contributed by atoms with Crippen LogP contribution < -0.4 is 5.69 Å². The molecular weight excluding hydrogens is 627 g/mol. The number of ether oxygens (including phenoxy) is 1. The monoisotopic (exact) mass is 663 g/mol. The number of amides is 2. The fourth-order valence-corrected chi connectivity index (χ4v) is 7.33. The highest BCUT2D eigenvalue weighted by molar-refractivity contribution is 6.32. The van der Waals surface area contributed by atoms with Crippen LogP contribution in [0.15, 0.2) is 41.2 Å². The summed E-state index contributed by atoms with van der Waals surface area (Å²) in [7, 11) is 0. The summed E-state index contributed by atoms with van der Waals surface area (Å²) in [6.45, 7) is 3.49. The van der Waals surface area contributed by atoms with Crippen molar-refractivity contribution < 1.29 is 32.6 Å². The highest BCUT2D eigenvalue weighted by atomic mass is 35.5. The molecule has 2 amide bonds. The van der Waals surface area contributed by atoms with Gasteiger partial charge in [-0.3, -0.25) is 9.36 Å². The largest absolute Gasteiger partial charge is 0.506 e. The molecule has 10 nitrogen and oxygen atoms in total. The number of aromatic hydroxyl groups is 1. The summed E-state index contributed by atoms with van der Waals surface area (Å²) in [5, 5.41) is 9.44. The Bertz CT molecular complexity index is 1640. The molecule has 1 atom stereocenters. The number of aromatic amines is 1. The summed E-state index contributed by atoms with van der Waals surface area (Å²) in [6.07, 6.45) is -2.60. The Balaban J connectivity index is 1.17. The molecule has 2 N–H and O–H groups in total. The van der Waals surface area contributed by atoms with Crippen molar-refractivity contribution in [1.82, 2.24) is 24.3 Å². The first-order valence-corrected chi connectivity index (χ1v) is 16.1. The summed E-state index contributed by atoms with van der Waals surface area (Å²) in [5.74, 6) is -1.58. The van der Waals surface area contributed by atoms with E-state index in [4.69, 9.17) is 16.3 Å². The van der Waals surface area contributed by atoms with E-state index in [1.807, 2.05) is 24.3 Å². The van der Waals surface area contributed by atoms with Gasteiger partial charge >= 0.3 is 18.0 Å². The third kappa shape index (κ3) is 6.71. The minimum Gasteiger partial charge on any atom is -0.506 e. The Kier molecular flexibility index (Phi) is 9.24. The average Bonchev–Trinajstić information content (AvgIpc) is 3.69. The smallest absolute Gasteiger partial charge is 0.420 e. The van der Waals surface area contributed by atoms with Gasteiger partial charge in [-0.15, -0.1) is 0 Å². The quantitative estimate of drug-likeness (QED) is 0.376. The van der Waals surface area contributed by atoms with Crippen LogP contribution in [0.5, 0.6) is 5.75 Å². The molecule has 6 rings (SSSR count). The van der Waals surface area contributed by atoms with Crippen LogP contribution in [0.25, 0.3) is 11.0 Å². The van der Waals surface area contributed by atoms with Crippen LogP contribution in [0, 0.1) is 0 Å². The van der Waals surface area contributed by atoms with Crippen LogP contribution in [0.1, 0.15) is 55.7 Å². The summed E-state index contributed by atoms with van der Waals surface area (Å²) in [6, 6.07) is 9.48. The number of phenols is 1. The molecule has 3 saturated heterocycles. The number of piperidine rings is 2. The van der Waals surface area contributed by atoms with E-state index in [-0.39, 0.29) is 36.8 Å². The van der Waals surface area contributed by atoms with Crippen molar-refractivity contribution in [3.63, 3.8) is 0 Å². The maximum absolute atomic E-state index is 13.8. The molecule has 14 heteroatoms. The molecule has 0 radical (unpaired) electrons. The van der Waals surface area contributed by atoms with E-state index in [1.54, 1.807) is 9.47 Å². The zero-order chi connectivity index (χ0) is 32.6. The number of likely N-dealkylation sites (tertiary alicyclic amines) is 3. The Hall–Kier alpha value is -3.71. The van der Waals surface area contributed by atoms with E-state index in [2.05, 4.69) is 9.88 Å². The molecule has 3 aliphatic heterocycles. The Morgan fingerprint density at radius 2 is 1.59 bits per heavy atom. The normalized spacial score (nSPS) is 19.6. The van der Waals surface area contributed by atoms with Crippen molar-refractivity contribution in [3.8, 4) is 5.75 Å². The molecule has 2 aromatic carbocycles. The van der Waals surface area contributed by atoms with Gasteiger partial charge in [-0.25, -0.2) is 9.59 Å². The van der Waals surface area contributed by atoms with Crippen molar-refractivity contribution in [2.75, 3.05) is 39.3 Å². The fourth-order valence-electron chi connectivity index (χ4n) is 7.08. The van der Waals surface area contributed by atoms with Gasteiger partial charge in [0.1, 0.15) is 5.75 Å². The molecule has 0 aliphatic carbocycles. The molecule has 1 aromatic heterocycles. The Labute approximate surface area is 268 Å². The van der Waals surface area contributed by atoms with Gasteiger partial charge in [0.05, 0.1) is 21.6 Å². The molecular formula is C32H37ClF3N5O5. The highest BCUT2D eigenvalue weighted by Gasteiger charge is 2.38. The van der Waals surface area contributed by atoms with Crippen molar-refractivity contribution >= 4 is 34.6 Å². The molecule has 0 bridgehead atoms. The second-order valence-electron chi connectivity index (χ2n) is 12.4. The van der Waals surface area contributed by atoms with Gasteiger partial charge in [-0.2, -0.15) is 13.2 Å². The van der Waals surface area contributed by atoms with Gasteiger partial charge in [-0.05, 0) is 81.4 Å². The lowest BCUT2D eigenvalue weighted by Crippen LogP contribution is -2.51. The van der Waals surface area contributed by atoms with E-state index >= 15 is 0 Å². The van der Waals surface area contributed by atoms with Crippen molar-refractivity contribution in [2.24, 2.45) is 0 Å². The number of carbonyl (C=O) groups excluding carboxylic acids is 2. The number of alkyl halides is 3. The number of hydrogen-bond acceptors (Lipinski definition) is 6. The van der Waals surface area contributed by atoms with Crippen LogP contribution in [0.4, 0.5) is 18.0 Å². The number of aromatic nitrogens is 2. The summed E-state index contributed by atoms with van der Waals surface area (Å²) in [5.41, 5.74) is -0.0481. The Morgan fingerprint density at radius 1 is 0.957 bits per heavy atom. The van der Waals surface area contributed by atoms with Crippen LogP contribution in [0.3, 0.4) is 0 Å². The van der Waals surface area contributed by atoms with Crippen LogP contribution >= 0.6 is 11.6 Å². The topological polar surface area (TPSA) is 111 Å². The number of imidazole rings is 1. The molecule has 0 saturated carbocycles. The minimum atomic E-state index is -4.88. The lowest BCUT2D eigenvalue weighted by Gasteiger charge is -2.38. The third-order valence-electron chi connectivity index (χ3n) is 9.51. The molecule has 248 valence electrons. The number of H-pyrrole nitrogens is 1. The van der Waals surface area contributed by atoms with Crippen LogP contribution in [-0.2, 0) is 22.1 Å². The van der Waals surface area contributed by atoms with E-state index in [9.17, 15) is 32.7 Å². The number of nitrogens with zero attached hydrogens (tertiary/aromatic N) is 4. The first-order valence-electron chi connectivity index (χ1n) is 15.8. The molecule has 46 heavy (non-hydrogen) atoms. The number of carbonyl (C=O) groups is 2.